The fraction of sp³-hybridized carbons (Fsp3) is 0.0833. The van der Waals surface area contributed by atoms with Gasteiger partial charge < -0.3 is 9.72 Å². The monoisotopic (exact) mass is 305 g/mol. The Kier molecular flexibility index (Phi) is 3.15. The first-order valence-corrected chi connectivity index (χ1v) is 6.22. The van der Waals surface area contributed by atoms with Crippen molar-refractivity contribution in [2.45, 2.75) is 6.92 Å². The Hall–Kier alpha value is -2.74. The van der Waals surface area contributed by atoms with Crippen molar-refractivity contribution in [3.05, 3.63) is 45.5 Å². The van der Waals surface area contributed by atoms with Crippen LogP contribution in [-0.2, 0) is 0 Å². The van der Waals surface area contributed by atoms with Crippen LogP contribution in [0.1, 0.15) is 5.56 Å². The number of aryl methyl sites for hydroxylation is 1. The summed E-state index contributed by atoms with van der Waals surface area (Å²) in [5, 5.41) is 10.8. The Bertz CT molecular complexity index is 848. The van der Waals surface area contributed by atoms with Crippen LogP contribution in [0.25, 0.3) is 11.2 Å². The van der Waals surface area contributed by atoms with Crippen LogP contribution in [0.4, 0.5) is 5.69 Å². The van der Waals surface area contributed by atoms with Gasteiger partial charge in [0.15, 0.2) is 5.65 Å². The molecule has 0 aliphatic rings. The largest absolute Gasteiger partial charge is 0.437 e. The average Bonchev–Trinajstić information content (AvgIpc) is 2.86. The highest BCUT2D eigenvalue weighted by Crippen LogP contribution is 2.29. The zero-order valence-electron chi connectivity index (χ0n) is 10.7. The number of halogens is 1. The highest BCUT2D eigenvalue weighted by atomic mass is 35.5. The smallest absolute Gasteiger partial charge is 0.272 e. The number of nitrogens with one attached hydrogen (secondary N) is 1. The van der Waals surface area contributed by atoms with Crippen LogP contribution < -0.4 is 4.74 Å². The Labute approximate surface area is 122 Å². The Balaban J connectivity index is 2.00. The summed E-state index contributed by atoms with van der Waals surface area (Å²) >= 11 is 5.80. The van der Waals surface area contributed by atoms with Gasteiger partial charge in [-0.3, -0.25) is 10.1 Å². The summed E-state index contributed by atoms with van der Waals surface area (Å²) < 4.78 is 5.62. The van der Waals surface area contributed by atoms with Gasteiger partial charge in [0.25, 0.3) is 5.69 Å². The molecule has 2 aromatic heterocycles. The van der Waals surface area contributed by atoms with Gasteiger partial charge in [0.2, 0.25) is 11.2 Å². The highest BCUT2D eigenvalue weighted by molar-refractivity contribution is 6.28. The Morgan fingerprint density at radius 1 is 1.38 bits per heavy atom. The van der Waals surface area contributed by atoms with Crippen molar-refractivity contribution < 1.29 is 9.66 Å². The van der Waals surface area contributed by atoms with Crippen molar-refractivity contribution in [1.29, 1.82) is 0 Å². The molecule has 106 valence electrons. The number of nitrogens with zero attached hydrogens (tertiary/aromatic N) is 4. The third-order valence-electron chi connectivity index (χ3n) is 2.80. The normalized spacial score (nSPS) is 10.8. The molecule has 0 fully saturated rings. The number of nitro benzene ring substituents is 1. The third kappa shape index (κ3) is 2.48. The number of nitro groups is 1. The molecule has 1 N–H and O–H groups in total. The van der Waals surface area contributed by atoms with E-state index in [2.05, 4.69) is 19.9 Å². The number of rotatable bonds is 3. The van der Waals surface area contributed by atoms with Gasteiger partial charge in [0.1, 0.15) is 11.3 Å². The fourth-order valence-corrected chi connectivity index (χ4v) is 2.02. The number of fused-ring (bicyclic) bond motifs is 1. The quantitative estimate of drug-likeness (QED) is 0.453. The number of hydrogen-bond donors (Lipinski definition) is 1. The van der Waals surface area contributed by atoms with Crippen LogP contribution in [-0.4, -0.2) is 24.9 Å². The lowest BCUT2D eigenvalue weighted by molar-refractivity contribution is -0.385. The molecule has 0 atom stereocenters. The van der Waals surface area contributed by atoms with E-state index < -0.39 is 4.92 Å². The number of aromatic nitrogens is 4. The second kappa shape index (κ2) is 4.98. The van der Waals surface area contributed by atoms with Crippen LogP contribution in [0, 0.1) is 17.0 Å². The van der Waals surface area contributed by atoms with Gasteiger partial charge in [-0.25, -0.2) is 4.98 Å². The second-order valence-corrected chi connectivity index (χ2v) is 4.54. The zero-order valence-corrected chi connectivity index (χ0v) is 11.5. The minimum atomic E-state index is -0.451. The number of ether oxygens (including phenoxy) is 1. The molecular formula is C12H8ClN5O3. The van der Waals surface area contributed by atoms with E-state index in [-0.39, 0.29) is 16.9 Å². The predicted molar refractivity (Wildman–Crippen MR) is 74.6 cm³/mol. The molecule has 21 heavy (non-hydrogen) atoms. The maximum absolute atomic E-state index is 10.8. The van der Waals surface area contributed by atoms with E-state index in [4.69, 9.17) is 16.3 Å². The highest BCUT2D eigenvalue weighted by Gasteiger charge is 2.14. The minimum Gasteiger partial charge on any atom is -0.437 e. The van der Waals surface area contributed by atoms with E-state index in [1.165, 1.54) is 18.5 Å². The summed E-state index contributed by atoms with van der Waals surface area (Å²) in [6, 6.07) is 4.41. The molecule has 0 spiro atoms. The van der Waals surface area contributed by atoms with Gasteiger partial charge in [-0.2, -0.15) is 9.97 Å². The molecule has 0 amide bonds. The zero-order chi connectivity index (χ0) is 15.0. The summed E-state index contributed by atoms with van der Waals surface area (Å²) in [6.45, 7) is 1.63. The lowest BCUT2D eigenvalue weighted by Gasteiger charge is -2.06. The van der Waals surface area contributed by atoms with E-state index in [0.29, 0.717) is 22.5 Å². The molecule has 1 aromatic carbocycles. The van der Waals surface area contributed by atoms with E-state index in [0.717, 1.165) is 0 Å². The van der Waals surface area contributed by atoms with Crippen LogP contribution in [0.3, 0.4) is 0 Å². The minimum absolute atomic E-state index is 0.00299. The summed E-state index contributed by atoms with van der Waals surface area (Å²) in [5.74, 6) is 0.611. The van der Waals surface area contributed by atoms with Gasteiger partial charge in [-0.15, -0.1) is 0 Å². The summed E-state index contributed by atoms with van der Waals surface area (Å²) in [4.78, 5) is 25.1. The lowest BCUT2D eigenvalue weighted by atomic mass is 10.2. The van der Waals surface area contributed by atoms with Gasteiger partial charge in [-0.05, 0) is 30.7 Å². The molecule has 0 saturated carbocycles. The van der Waals surface area contributed by atoms with Crippen molar-refractivity contribution >= 4 is 28.5 Å². The van der Waals surface area contributed by atoms with Crippen molar-refractivity contribution in [2.24, 2.45) is 0 Å². The molecule has 8 nitrogen and oxygen atoms in total. The molecule has 9 heteroatoms. The van der Waals surface area contributed by atoms with E-state index in [9.17, 15) is 10.1 Å². The van der Waals surface area contributed by atoms with Crippen molar-refractivity contribution in [1.82, 2.24) is 19.9 Å². The standard InChI is InChI=1S/C12H8ClN5O3/c1-6-4-7(2-3-8(6)18(19)20)21-11-9-10(15-5-14-9)16-12(13)17-11/h2-5H,1H3,(H,14,15,16,17). The lowest BCUT2D eigenvalue weighted by Crippen LogP contribution is -1.95. The maximum atomic E-state index is 10.8. The number of H-pyrrole nitrogens is 1. The van der Waals surface area contributed by atoms with Crippen molar-refractivity contribution in [2.75, 3.05) is 0 Å². The van der Waals surface area contributed by atoms with Crippen molar-refractivity contribution in [3.8, 4) is 11.6 Å². The van der Waals surface area contributed by atoms with Crippen LogP contribution in [0.15, 0.2) is 24.5 Å². The molecule has 3 aromatic rings. The molecule has 3 rings (SSSR count). The Morgan fingerprint density at radius 3 is 2.90 bits per heavy atom. The van der Waals surface area contributed by atoms with E-state index >= 15 is 0 Å². The van der Waals surface area contributed by atoms with E-state index in [1.54, 1.807) is 13.0 Å². The number of hydrogen-bond acceptors (Lipinski definition) is 6. The second-order valence-electron chi connectivity index (χ2n) is 4.21. The van der Waals surface area contributed by atoms with Gasteiger partial charge in [0, 0.05) is 11.6 Å². The summed E-state index contributed by atoms with van der Waals surface area (Å²) in [7, 11) is 0. The molecule has 0 bridgehead atoms. The maximum Gasteiger partial charge on any atom is 0.272 e. The summed E-state index contributed by atoms with van der Waals surface area (Å²) in [5.41, 5.74) is 1.38. The van der Waals surface area contributed by atoms with Crippen molar-refractivity contribution in [3.63, 3.8) is 0 Å². The van der Waals surface area contributed by atoms with Gasteiger partial charge in [0.05, 0.1) is 11.3 Å². The predicted octanol–water partition coefficient (Wildman–Crippen LogP) is 3.02. The van der Waals surface area contributed by atoms with Crippen LogP contribution in [0.2, 0.25) is 5.28 Å². The number of aromatic amines is 1. The SMILES string of the molecule is Cc1cc(Oc2nc(Cl)nc3nc[nH]c23)ccc1[N+](=O)[O-]. The first kappa shape index (κ1) is 13.3. The first-order chi connectivity index (χ1) is 10.0. The molecule has 0 aliphatic heterocycles. The van der Waals surface area contributed by atoms with Gasteiger partial charge in [-0.1, -0.05) is 0 Å². The third-order valence-corrected chi connectivity index (χ3v) is 2.97. The molecule has 0 unspecified atom stereocenters. The van der Waals surface area contributed by atoms with E-state index in [1.807, 2.05) is 0 Å². The molecule has 0 radical (unpaired) electrons. The van der Waals surface area contributed by atoms with Gasteiger partial charge >= 0.3 is 0 Å². The number of imidazole rings is 1. The average molecular weight is 306 g/mol. The molecule has 0 aliphatic carbocycles. The van der Waals surface area contributed by atoms with Crippen LogP contribution >= 0.6 is 11.6 Å². The topological polar surface area (TPSA) is 107 Å². The molecule has 0 saturated heterocycles. The summed E-state index contributed by atoms with van der Waals surface area (Å²) in [6.07, 6.45) is 1.45. The molecular weight excluding hydrogens is 298 g/mol. The van der Waals surface area contributed by atoms with Crippen LogP contribution in [0.5, 0.6) is 11.6 Å². The molecule has 2 heterocycles. The Morgan fingerprint density at radius 2 is 2.19 bits per heavy atom. The fourth-order valence-electron chi connectivity index (χ4n) is 1.86. The first-order valence-electron chi connectivity index (χ1n) is 5.84. The number of benzene rings is 1.